The van der Waals surface area contributed by atoms with E-state index >= 15 is 0 Å². The molecule has 174 valence electrons. The van der Waals surface area contributed by atoms with Gasteiger partial charge in [0.15, 0.2) is 5.75 Å². The topological polar surface area (TPSA) is 35.5 Å². The number of esters is 1. The molecule has 0 aliphatic heterocycles. The molecule has 0 aliphatic carbocycles. The molecule has 0 atom stereocenters. The Morgan fingerprint density at radius 3 is 1.97 bits per heavy atom. The number of hydrogen-bond donors (Lipinski definition) is 0. The van der Waals surface area contributed by atoms with Gasteiger partial charge < -0.3 is 9.47 Å². The van der Waals surface area contributed by atoms with Gasteiger partial charge in [-0.25, -0.2) is 4.79 Å². The second-order valence-corrected chi connectivity index (χ2v) is 9.03. The van der Waals surface area contributed by atoms with Crippen LogP contribution in [0.3, 0.4) is 0 Å². The predicted octanol–water partition coefficient (Wildman–Crippen LogP) is 9.27. The van der Waals surface area contributed by atoms with Gasteiger partial charge in [0.1, 0.15) is 5.75 Å². The van der Waals surface area contributed by atoms with Crippen LogP contribution in [0.4, 0.5) is 0 Å². The van der Waals surface area contributed by atoms with Crippen LogP contribution in [0, 0.1) is 0 Å². The van der Waals surface area contributed by atoms with Crippen LogP contribution in [-0.2, 0) is 0 Å². The molecule has 0 aromatic heterocycles. The normalized spacial score (nSPS) is 10.8. The van der Waals surface area contributed by atoms with E-state index in [0.717, 1.165) is 29.9 Å². The first kappa shape index (κ1) is 25.4. The summed E-state index contributed by atoms with van der Waals surface area (Å²) in [5, 5.41) is 0.774. The number of hydrogen-bond acceptors (Lipinski definition) is 3. The summed E-state index contributed by atoms with van der Waals surface area (Å²) in [5.74, 6) is 0.503. The third-order valence-corrected chi connectivity index (χ3v) is 6.27. The van der Waals surface area contributed by atoms with Gasteiger partial charge in [0, 0.05) is 6.07 Å². The molecule has 0 N–H and O–H groups in total. The summed E-state index contributed by atoms with van der Waals surface area (Å²) in [6.07, 6.45) is 7.46. The van der Waals surface area contributed by atoms with E-state index in [1.54, 1.807) is 12.1 Å². The summed E-state index contributed by atoms with van der Waals surface area (Å²) in [6, 6.07) is 18.0. The van der Waals surface area contributed by atoms with Gasteiger partial charge in [-0.15, -0.1) is 0 Å². The van der Waals surface area contributed by atoms with Crippen molar-refractivity contribution in [3.05, 3.63) is 81.3 Å². The van der Waals surface area contributed by atoms with E-state index in [2.05, 4.69) is 6.92 Å². The summed E-state index contributed by atoms with van der Waals surface area (Å²) in [6.45, 7) is 2.97. The average molecular weight is 506 g/mol. The lowest BCUT2D eigenvalue weighted by molar-refractivity contribution is 0.0735. The minimum absolute atomic E-state index is 0.164. The van der Waals surface area contributed by atoms with Gasteiger partial charge in [-0.2, -0.15) is 0 Å². The molecule has 0 spiro atoms. The lowest BCUT2D eigenvalue weighted by Crippen LogP contribution is -2.08. The van der Waals surface area contributed by atoms with Crippen molar-refractivity contribution in [3.8, 4) is 22.6 Å². The van der Waals surface area contributed by atoms with Crippen molar-refractivity contribution in [2.75, 3.05) is 6.61 Å². The fourth-order valence-corrected chi connectivity index (χ4v) is 3.93. The van der Waals surface area contributed by atoms with Gasteiger partial charge in [0.25, 0.3) is 0 Å². The highest BCUT2D eigenvalue weighted by molar-refractivity contribution is 6.43. The maximum Gasteiger partial charge on any atom is 0.343 e. The zero-order valence-corrected chi connectivity index (χ0v) is 20.8. The number of carbonyl (C=O) groups is 1. The Balaban J connectivity index is 1.53. The van der Waals surface area contributed by atoms with E-state index < -0.39 is 5.97 Å². The molecule has 0 fully saturated rings. The van der Waals surface area contributed by atoms with Crippen LogP contribution in [-0.4, -0.2) is 12.6 Å². The number of benzene rings is 3. The Bertz CT molecular complexity index is 1050. The summed E-state index contributed by atoms with van der Waals surface area (Å²) >= 11 is 18.0. The fourth-order valence-electron chi connectivity index (χ4n) is 3.36. The van der Waals surface area contributed by atoms with E-state index in [1.165, 1.54) is 44.2 Å². The maximum atomic E-state index is 12.5. The van der Waals surface area contributed by atoms with Crippen molar-refractivity contribution in [1.29, 1.82) is 0 Å². The largest absolute Gasteiger partial charge is 0.494 e. The minimum Gasteiger partial charge on any atom is -0.494 e. The molecule has 0 saturated heterocycles. The van der Waals surface area contributed by atoms with Crippen LogP contribution in [0.15, 0.2) is 60.7 Å². The van der Waals surface area contributed by atoms with Crippen molar-refractivity contribution in [2.45, 2.75) is 45.4 Å². The average Bonchev–Trinajstić information content (AvgIpc) is 2.82. The predicted molar refractivity (Wildman–Crippen MR) is 137 cm³/mol. The van der Waals surface area contributed by atoms with Gasteiger partial charge in [-0.1, -0.05) is 98.1 Å². The second-order valence-electron chi connectivity index (χ2n) is 7.80. The first-order valence-corrected chi connectivity index (χ1v) is 12.3. The van der Waals surface area contributed by atoms with Crippen LogP contribution in [0.1, 0.15) is 55.8 Å². The molecule has 3 aromatic rings. The fraction of sp³-hybridized carbons (Fsp3) is 0.296. The smallest absolute Gasteiger partial charge is 0.343 e. The monoisotopic (exact) mass is 504 g/mol. The second kappa shape index (κ2) is 12.9. The van der Waals surface area contributed by atoms with Crippen LogP contribution < -0.4 is 9.47 Å². The molecule has 33 heavy (non-hydrogen) atoms. The van der Waals surface area contributed by atoms with Gasteiger partial charge in [-0.05, 0) is 47.9 Å². The highest BCUT2D eigenvalue weighted by Gasteiger charge is 2.14. The Kier molecular flexibility index (Phi) is 9.93. The van der Waals surface area contributed by atoms with Crippen molar-refractivity contribution < 1.29 is 14.3 Å². The minimum atomic E-state index is -0.528. The lowest BCUT2D eigenvalue weighted by atomic mass is 10.0. The molecule has 0 amide bonds. The number of rotatable bonds is 11. The summed E-state index contributed by atoms with van der Waals surface area (Å²) in [4.78, 5) is 12.5. The van der Waals surface area contributed by atoms with Crippen molar-refractivity contribution in [3.63, 3.8) is 0 Å². The SMILES string of the molecule is CCCCCCCCOc1ccc(-c2ccc(C(=O)Oc3cc(Cl)c(Cl)cc3Cl)cc2)cc1. The highest BCUT2D eigenvalue weighted by atomic mass is 35.5. The Hall–Kier alpha value is -2.20. The third kappa shape index (κ3) is 7.67. The molecule has 0 radical (unpaired) electrons. The molecule has 0 saturated carbocycles. The maximum absolute atomic E-state index is 12.5. The number of halogens is 3. The molecule has 3 aromatic carbocycles. The van der Waals surface area contributed by atoms with Crippen LogP contribution in [0.25, 0.3) is 11.1 Å². The Morgan fingerprint density at radius 2 is 1.30 bits per heavy atom. The number of carbonyl (C=O) groups excluding carboxylic acids is 1. The third-order valence-electron chi connectivity index (χ3n) is 5.25. The first-order chi connectivity index (χ1) is 16.0. The quantitative estimate of drug-likeness (QED) is 0.113. The standard InChI is InChI=1S/C27H27Cl3O3/c1-2-3-4-5-6-7-16-32-22-14-12-20(13-15-22)19-8-10-21(11-9-19)27(31)33-26-18-24(29)23(28)17-25(26)30/h8-15,17-18H,2-7,16H2,1H3. The van der Waals surface area contributed by atoms with E-state index in [4.69, 9.17) is 44.3 Å². The van der Waals surface area contributed by atoms with Crippen molar-refractivity contribution >= 4 is 40.8 Å². The van der Waals surface area contributed by atoms with E-state index in [1.807, 2.05) is 36.4 Å². The summed E-state index contributed by atoms with van der Waals surface area (Å²) in [5.41, 5.74) is 2.43. The van der Waals surface area contributed by atoms with Crippen LogP contribution >= 0.6 is 34.8 Å². The molecule has 0 bridgehead atoms. The number of ether oxygens (including phenoxy) is 2. The van der Waals surface area contributed by atoms with Gasteiger partial charge >= 0.3 is 5.97 Å². The van der Waals surface area contributed by atoms with Gasteiger partial charge in [0.05, 0.1) is 27.2 Å². The molecule has 0 heterocycles. The summed E-state index contributed by atoms with van der Waals surface area (Å²) in [7, 11) is 0. The van der Waals surface area contributed by atoms with E-state index in [0.29, 0.717) is 10.6 Å². The molecular formula is C27H27Cl3O3. The molecule has 0 aliphatic rings. The molecular weight excluding hydrogens is 479 g/mol. The molecule has 0 unspecified atom stereocenters. The van der Waals surface area contributed by atoms with Gasteiger partial charge in [0.2, 0.25) is 0 Å². The van der Waals surface area contributed by atoms with E-state index in [-0.39, 0.29) is 15.8 Å². The number of unbranched alkanes of at least 4 members (excludes halogenated alkanes) is 5. The zero-order chi connectivity index (χ0) is 23.6. The lowest BCUT2D eigenvalue weighted by Gasteiger charge is -2.09. The molecule has 3 nitrogen and oxygen atoms in total. The van der Waals surface area contributed by atoms with Crippen molar-refractivity contribution in [2.24, 2.45) is 0 Å². The Morgan fingerprint density at radius 1 is 0.727 bits per heavy atom. The molecule has 6 heteroatoms. The molecule has 3 rings (SSSR count). The highest BCUT2D eigenvalue weighted by Crippen LogP contribution is 2.34. The van der Waals surface area contributed by atoms with Gasteiger partial charge in [-0.3, -0.25) is 0 Å². The zero-order valence-electron chi connectivity index (χ0n) is 18.6. The van der Waals surface area contributed by atoms with Crippen LogP contribution in [0.2, 0.25) is 15.1 Å². The first-order valence-electron chi connectivity index (χ1n) is 11.2. The summed E-state index contributed by atoms with van der Waals surface area (Å²) < 4.78 is 11.2. The Labute approximate surface area is 210 Å². The van der Waals surface area contributed by atoms with Crippen LogP contribution in [0.5, 0.6) is 11.5 Å². The van der Waals surface area contributed by atoms with E-state index in [9.17, 15) is 4.79 Å². The van der Waals surface area contributed by atoms with Crippen molar-refractivity contribution in [1.82, 2.24) is 0 Å².